The molecule has 0 bridgehead atoms. The molecule has 1 heterocycles. The van der Waals surface area contributed by atoms with Crippen molar-refractivity contribution < 1.29 is 10.0 Å². The molecule has 7 nitrogen and oxygen atoms in total. The standard InChI is InChI=1S/C17H12IN3O4/c1-10-14(8-11-2-7-16(22)15(9-11)21(24)25)17(23)20(19-10)13-5-3-12(18)4-6-13/h2-9,19,22H,1H2/b14-8-. The summed E-state index contributed by atoms with van der Waals surface area (Å²) in [5.74, 6) is -0.428. The van der Waals surface area contributed by atoms with E-state index in [-0.39, 0.29) is 5.56 Å². The number of halogens is 1. The highest BCUT2D eigenvalue weighted by molar-refractivity contribution is 14.1. The summed E-state index contributed by atoms with van der Waals surface area (Å²) in [4.78, 5) is 22.9. The van der Waals surface area contributed by atoms with Crippen molar-refractivity contribution in [2.45, 2.75) is 0 Å². The van der Waals surface area contributed by atoms with Crippen LogP contribution in [0.5, 0.6) is 5.75 Å². The van der Waals surface area contributed by atoms with Crippen LogP contribution in [0.1, 0.15) is 5.56 Å². The van der Waals surface area contributed by atoms with Gasteiger partial charge in [0, 0.05) is 9.64 Å². The van der Waals surface area contributed by atoms with Gasteiger partial charge >= 0.3 is 5.69 Å². The Bertz CT molecular complexity index is 1130. The maximum Gasteiger partial charge on any atom is 0.311 e. The van der Waals surface area contributed by atoms with Crippen LogP contribution >= 0.6 is 22.6 Å². The van der Waals surface area contributed by atoms with Gasteiger partial charge in [-0.05, 0) is 64.6 Å². The fraction of sp³-hybridized carbons (Fsp3) is 0. The lowest BCUT2D eigenvalue weighted by Crippen LogP contribution is -2.33. The molecule has 0 radical (unpaired) electrons. The van der Waals surface area contributed by atoms with E-state index in [4.69, 9.17) is 0 Å². The van der Waals surface area contributed by atoms with E-state index in [9.17, 15) is 20.0 Å². The Labute approximate surface area is 154 Å². The Morgan fingerprint density at radius 3 is 2.56 bits per heavy atom. The second-order valence-electron chi connectivity index (χ2n) is 5.27. The van der Waals surface area contributed by atoms with Crippen molar-refractivity contribution in [3.63, 3.8) is 0 Å². The summed E-state index contributed by atoms with van der Waals surface area (Å²) in [6, 6.07) is 11.3. The minimum absolute atomic E-state index is 0.290. The molecule has 2 aromatic carbocycles. The number of nitrogens with zero attached hydrogens (tertiary/aromatic N) is 2. The number of aromatic amines is 1. The molecule has 3 aromatic rings. The van der Waals surface area contributed by atoms with Crippen molar-refractivity contribution in [1.82, 2.24) is 9.78 Å². The SMILES string of the molecule is C=c1[nH]n(-c2ccc(I)cc2)c(=O)/c1=C\c1ccc(O)c([N+](=O)[O-])c1. The Balaban J connectivity index is 2.16. The minimum Gasteiger partial charge on any atom is -0.502 e. The predicted octanol–water partition coefficient (Wildman–Crippen LogP) is 1.62. The van der Waals surface area contributed by atoms with E-state index in [0.717, 1.165) is 3.57 Å². The van der Waals surface area contributed by atoms with Gasteiger partial charge in [0.15, 0.2) is 5.75 Å². The van der Waals surface area contributed by atoms with Crippen molar-refractivity contribution >= 4 is 40.9 Å². The first kappa shape index (κ1) is 17.0. The molecule has 126 valence electrons. The summed E-state index contributed by atoms with van der Waals surface area (Å²) < 4.78 is 2.40. The molecule has 0 aliphatic carbocycles. The van der Waals surface area contributed by atoms with Crippen LogP contribution < -0.4 is 16.1 Å². The Morgan fingerprint density at radius 2 is 1.92 bits per heavy atom. The van der Waals surface area contributed by atoms with Gasteiger partial charge in [-0.1, -0.05) is 12.6 Å². The number of phenolic OH excluding ortho intramolecular Hbond substituents is 1. The van der Waals surface area contributed by atoms with Gasteiger partial charge in [-0.15, -0.1) is 0 Å². The second kappa shape index (κ2) is 6.55. The Hall–Kier alpha value is -2.88. The van der Waals surface area contributed by atoms with Gasteiger partial charge in [-0.2, -0.15) is 0 Å². The van der Waals surface area contributed by atoms with Crippen LogP contribution in [0.15, 0.2) is 47.3 Å². The first-order chi connectivity index (χ1) is 11.9. The average Bonchev–Trinajstić information content (AvgIpc) is 2.85. The number of nitro benzene ring substituents is 1. The van der Waals surface area contributed by atoms with Crippen molar-refractivity contribution in [3.8, 4) is 11.4 Å². The molecule has 3 rings (SSSR count). The third kappa shape index (κ3) is 3.33. The highest BCUT2D eigenvalue weighted by atomic mass is 127. The van der Waals surface area contributed by atoms with E-state index in [1.165, 1.54) is 29.0 Å². The summed E-state index contributed by atoms with van der Waals surface area (Å²) in [5.41, 5.74) is 0.335. The molecule has 25 heavy (non-hydrogen) atoms. The number of hydrogen-bond donors (Lipinski definition) is 2. The van der Waals surface area contributed by atoms with E-state index in [1.54, 1.807) is 12.1 Å². The Morgan fingerprint density at radius 1 is 1.24 bits per heavy atom. The van der Waals surface area contributed by atoms with Crippen LogP contribution in [0.2, 0.25) is 0 Å². The first-order valence-electron chi connectivity index (χ1n) is 7.12. The monoisotopic (exact) mass is 449 g/mol. The van der Waals surface area contributed by atoms with Crippen molar-refractivity contribution in [2.75, 3.05) is 0 Å². The average molecular weight is 449 g/mol. The van der Waals surface area contributed by atoms with Gasteiger partial charge in [0.2, 0.25) is 0 Å². The molecular formula is C17H12IN3O4. The van der Waals surface area contributed by atoms with Crippen molar-refractivity contribution in [3.05, 3.63) is 82.6 Å². The highest BCUT2D eigenvalue weighted by Crippen LogP contribution is 2.26. The maximum atomic E-state index is 12.6. The molecule has 0 unspecified atom stereocenters. The first-order valence-corrected chi connectivity index (χ1v) is 8.20. The largest absolute Gasteiger partial charge is 0.502 e. The van der Waals surface area contributed by atoms with E-state index < -0.39 is 16.4 Å². The molecule has 8 heteroatoms. The number of phenols is 1. The van der Waals surface area contributed by atoms with Crippen LogP contribution in [0.3, 0.4) is 0 Å². The summed E-state index contributed by atoms with van der Waals surface area (Å²) in [6.45, 7) is 3.82. The van der Waals surface area contributed by atoms with Crippen LogP contribution in [0.25, 0.3) is 18.3 Å². The van der Waals surface area contributed by atoms with Crippen molar-refractivity contribution in [2.24, 2.45) is 0 Å². The zero-order valence-corrected chi connectivity index (χ0v) is 14.9. The van der Waals surface area contributed by atoms with Crippen LogP contribution in [0, 0.1) is 13.7 Å². The van der Waals surface area contributed by atoms with E-state index in [0.29, 0.717) is 21.8 Å². The van der Waals surface area contributed by atoms with Crippen molar-refractivity contribution in [1.29, 1.82) is 0 Å². The molecule has 0 saturated heterocycles. The zero-order valence-electron chi connectivity index (χ0n) is 12.8. The number of benzene rings is 2. The quantitative estimate of drug-likeness (QED) is 0.361. The minimum atomic E-state index is -0.682. The van der Waals surface area contributed by atoms with Gasteiger partial charge in [-0.3, -0.25) is 20.0 Å². The summed E-state index contributed by atoms with van der Waals surface area (Å²) in [5, 5.41) is 24.0. The number of rotatable bonds is 3. The summed E-state index contributed by atoms with van der Waals surface area (Å²) in [7, 11) is 0. The molecule has 1 aromatic heterocycles. The van der Waals surface area contributed by atoms with Crippen LogP contribution in [-0.4, -0.2) is 19.8 Å². The molecule has 0 atom stereocenters. The molecular weight excluding hydrogens is 437 g/mol. The third-order valence-corrected chi connectivity index (χ3v) is 4.32. The van der Waals surface area contributed by atoms with Gasteiger partial charge < -0.3 is 5.11 Å². The lowest BCUT2D eigenvalue weighted by Gasteiger charge is -2.00. The number of aromatic hydroxyl groups is 1. The zero-order chi connectivity index (χ0) is 18.1. The molecule has 0 amide bonds. The number of aromatic nitrogens is 2. The summed E-state index contributed by atoms with van der Waals surface area (Å²) in [6.07, 6.45) is 1.50. The number of hydrogen-bond acceptors (Lipinski definition) is 4. The lowest BCUT2D eigenvalue weighted by atomic mass is 10.1. The second-order valence-corrected chi connectivity index (χ2v) is 6.52. The van der Waals surface area contributed by atoms with Crippen LogP contribution in [0.4, 0.5) is 5.69 Å². The lowest BCUT2D eigenvalue weighted by molar-refractivity contribution is -0.385. The fourth-order valence-electron chi connectivity index (χ4n) is 2.36. The molecule has 0 saturated carbocycles. The molecule has 2 N–H and O–H groups in total. The fourth-order valence-corrected chi connectivity index (χ4v) is 2.72. The topological polar surface area (TPSA) is 101 Å². The summed E-state index contributed by atoms with van der Waals surface area (Å²) >= 11 is 2.17. The molecule has 0 spiro atoms. The van der Waals surface area contributed by atoms with Gasteiger partial charge in [0.25, 0.3) is 5.56 Å². The number of H-pyrrole nitrogens is 1. The molecule has 0 aliphatic rings. The number of nitro groups is 1. The maximum absolute atomic E-state index is 12.6. The predicted molar refractivity (Wildman–Crippen MR) is 102 cm³/mol. The highest BCUT2D eigenvalue weighted by Gasteiger charge is 2.13. The van der Waals surface area contributed by atoms with E-state index in [1.807, 2.05) is 12.1 Å². The van der Waals surface area contributed by atoms with E-state index >= 15 is 0 Å². The number of nitrogens with one attached hydrogen (secondary N) is 1. The van der Waals surface area contributed by atoms with Gasteiger partial charge in [0.1, 0.15) is 0 Å². The third-order valence-electron chi connectivity index (χ3n) is 3.60. The normalized spacial score (nSPS) is 11.6. The van der Waals surface area contributed by atoms with Gasteiger partial charge in [-0.25, -0.2) is 4.68 Å². The van der Waals surface area contributed by atoms with Gasteiger partial charge in [0.05, 0.1) is 21.2 Å². The van der Waals surface area contributed by atoms with E-state index in [2.05, 4.69) is 34.3 Å². The molecule has 0 fully saturated rings. The Kier molecular flexibility index (Phi) is 4.45. The smallest absolute Gasteiger partial charge is 0.311 e. The van der Waals surface area contributed by atoms with Crippen LogP contribution in [-0.2, 0) is 0 Å². The molecule has 0 aliphatic heterocycles.